The fraction of sp³-hybridized carbons (Fsp3) is 0.643. The van der Waals surface area contributed by atoms with Gasteiger partial charge in [-0.2, -0.15) is 0 Å². The summed E-state index contributed by atoms with van der Waals surface area (Å²) < 4.78 is 2.05. The number of carbonyl (C=O) groups excluding carboxylic acids is 1. The highest BCUT2D eigenvalue weighted by atomic mass is 16.2. The predicted molar refractivity (Wildman–Crippen MR) is 72.4 cm³/mol. The van der Waals surface area contributed by atoms with E-state index in [2.05, 4.69) is 28.3 Å². The van der Waals surface area contributed by atoms with Crippen molar-refractivity contribution >= 4 is 5.91 Å². The number of nitrogens with one attached hydrogen (secondary N) is 1. The van der Waals surface area contributed by atoms with Crippen molar-refractivity contribution in [2.45, 2.75) is 25.7 Å². The first-order valence-corrected chi connectivity index (χ1v) is 6.85. The maximum atomic E-state index is 12.0. The van der Waals surface area contributed by atoms with E-state index in [1.165, 1.54) is 5.56 Å². The van der Waals surface area contributed by atoms with E-state index in [1.807, 2.05) is 11.9 Å². The second-order valence-electron chi connectivity index (χ2n) is 5.02. The van der Waals surface area contributed by atoms with Crippen molar-refractivity contribution in [1.82, 2.24) is 14.8 Å². The molecule has 1 aliphatic rings. The first-order chi connectivity index (χ1) is 8.75. The normalized spacial score (nSPS) is 16.6. The molecule has 0 aliphatic carbocycles. The molecule has 0 unspecified atom stereocenters. The summed E-state index contributed by atoms with van der Waals surface area (Å²) in [4.78, 5) is 14.0. The highest BCUT2D eigenvalue weighted by molar-refractivity contribution is 5.76. The lowest BCUT2D eigenvalue weighted by molar-refractivity contribution is -0.131. The van der Waals surface area contributed by atoms with Crippen LogP contribution in [-0.2, 0) is 18.3 Å². The van der Waals surface area contributed by atoms with Gasteiger partial charge in [-0.15, -0.1) is 0 Å². The van der Waals surface area contributed by atoms with E-state index >= 15 is 0 Å². The number of rotatable bonds is 4. The molecular formula is C14H23N3O. The minimum atomic E-state index is 0.314. The van der Waals surface area contributed by atoms with Gasteiger partial charge >= 0.3 is 0 Å². The molecule has 1 aliphatic heterocycles. The van der Waals surface area contributed by atoms with Crippen LogP contribution in [0.3, 0.4) is 0 Å². The van der Waals surface area contributed by atoms with Gasteiger partial charge in [-0.05, 0) is 37.4 Å². The van der Waals surface area contributed by atoms with Crippen LogP contribution in [0.4, 0.5) is 0 Å². The molecule has 1 N–H and O–H groups in total. The number of hydrogen-bond donors (Lipinski definition) is 1. The summed E-state index contributed by atoms with van der Waals surface area (Å²) in [6, 6.07) is 2.13. The Labute approximate surface area is 109 Å². The minimum absolute atomic E-state index is 0.314. The molecule has 1 amide bonds. The molecule has 0 radical (unpaired) electrons. The van der Waals surface area contributed by atoms with Crippen LogP contribution in [0.15, 0.2) is 18.5 Å². The zero-order valence-electron chi connectivity index (χ0n) is 11.2. The van der Waals surface area contributed by atoms with Crippen LogP contribution >= 0.6 is 0 Å². The number of aromatic nitrogens is 1. The molecule has 100 valence electrons. The standard InChI is InChI=1S/C14H23N3O/c1-16-10-6-13(12-16)4-2-5-14(18)17-9-3-7-15-8-11-17/h6,10,12,15H,2-5,7-9,11H2,1H3. The van der Waals surface area contributed by atoms with Crippen molar-refractivity contribution in [3.8, 4) is 0 Å². The number of nitrogens with zero attached hydrogens (tertiary/aromatic N) is 2. The fourth-order valence-electron chi connectivity index (χ4n) is 2.41. The zero-order chi connectivity index (χ0) is 12.8. The minimum Gasteiger partial charge on any atom is -0.357 e. The molecule has 18 heavy (non-hydrogen) atoms. The molecular weight excluding hydrogens is 226 g/mol. The van der Waals surface area contributed by atoms with Crippen molar-refractivity contribution in [3.63, 3.8) is 0 Å². The Morgan fingerprint density at radius 2 is 2.28 bits per heavy atom. The summed E-state index contributed by atoms with van der Waals surface area (Å²) in [7, 11) is 2.03. The summed E-state index contributed by atoms with van der Waals surface area (Å²) in [6.07, 6.45) is 7.88. The molecule has 1 aromatic rings. The van der Waals surface area contributed by atoms with Crippen LogP contribution < -0.4 is 5.32 Å². The summed E-state index contributed by atoms with van der Waals surface area (Å²) in [5.41, 5.74) is 1.32. The summed E-state index contributed by atoms with van der Waals surface area (Å²) in [5.74, 6) is 0.314. The van der Waals surface area contributed by atoms with Crippen molar-refractivity contribution in [2.24, 2.45) is 7.05 Å². The molecule has 1 saturated heterocycles. The Morgan fingerprint density at radius 1 is 1.39 bits per heavy atom. The molecule has 2 heterocycles. The third-order valence-electron chi connectivity index (χ3n) is 3.44. The summed E-state index contributed by atoms with van der Waals surface area (Å²) >= 11 is 0. The SMILES string of the molecule is Cn1ccc(CCCC(=O)N2CCCNCC2)c1. The third kappa shape index (κ3) is 3.88. The maximum absolute atomic E-state index is 12.0. The second-order valence-corrected chi connectivity index (χ2v) is 5.02. The van der Waals surface area contributed by atoms with Crippen molar-refractivity contribution in [1.29, 1.82) is 0 Å². The lowest BCUT2D eigenvalue weighted by Crippen LogP contribution is -2.34. The zero-order valence-corrected chi connectivity index (χ0v) is 11.2. The molecule has 0 bridgehead atoms. The lowest BCUT2D eigenvalue weighted by Gasteiger charge is -2.19. The number of carbonyl (C=O) groups is 1. The van der Waals surface area contributed by atoms with Gasteiger partial charge in [0, 0.05) is 45.5 Å². The van der Waals surface area contributed by atoms with Gasteiger partial charge in [0.25, 0.3) is 0 Å². The molecule has 1 fully saturated rings. The van der Waals surface area contributed by atoms with Gasteiger partial charge < -0.3 is 14.8 Å². The Bertz CT molecular complexity index is 378. The molecule has 0 aromatic carbocycles. The van der Waals surface area contributed by atoms with Gasteiger partial charge in [0.1, 0.15) is 0 Å². The Kier molecular flexibility index (Phi) is 4.81. The third-order valence-corrected chi connectivity index (χ3v) is 3.44. The largest absolute Gasteiger partial charge is 0.357 e. The molecule has 2 rings (SSSR count). The average molecular weight is 249 g/mol. The number of aryl methyl sites for hydroxylation is 2. The van der Waals surface area contributed by atoms with Crippen LogP contribution in [0.2, 0.25) is 0 Å². The molecule has 4 nitrogen and oxygen atoms in total. The molecule has 4 heteroatoms. The van der Waals surface area contributed by atoms with Gasteiger partial charge in [0.15, 0.2) is 0 Å². The topological polar surface area (TPSA) is 37.3 Å². The molecule has 0 saturated carbocycles. The summed E-state index contributed by atoms with van der Waals surface area (Å²) in [6.45, 7) is 3.75. The van der Waals surface area contributed by atoms with E-state index in [0.717, 1.165) is 45.4 Å². The van der Waals surface area contributed by atoms with E-state index in [1.54, 1.807) is 0 Å². The quantitative estimate of drug-likeness (QED) is 0.870. The van der Waals surface area contributed by atoms with Gasteiger partial charge in [-0.25, -0.2) is 0 Å². The number of hydrogen-bond acceptors (Lipinski definition) is 2. The fourth-order valence-corrected chi connectivity index (χ4v) is 2.41. The van der Waals surface area contributed by atoms with E-state index in [9.17, 15) is 4.79 Å². The van der Waals surface area contributed by atoms with Gasteiger partial charge in [0.2, 0.25) is 5.91 Å². The van der Waals surface area contributed by atoms with Gasteiger partial charge in [0.05, 0.1) is 0 Å². The van der Waals surface area contributed by atoms with Crippen molar-refractivity contribution < 1.29 is 4.79 Å². The average Bonchev–Trinajstić information content (AvgIpc) is 2.63. The first-order valence-electron chi connectivity index (χ1n) is 6.85. The van der Waals surface area contributed by atoms with Crippen LogP contribution in [0.5, 0.6) is 0 Å². The summed E-state index contributed by atoms with van der Waals surface area (Å²) in [5, 5.41) is 3.32. The van der Waals surface area contributed by atoms with Crippen LogP contribution in [0.1, 0.15) is 24.8 Å². The Morgan fingerprint density at radius 3 is 3.06 bits per heavy atom. The van der Waals surface area contributed by atoms with Gasteiger partial charge in [-0.1, -0.05) is 0 Å². The molecule has 0 spiro atoms. The first kappa shape index (κ1) is 13.1. The van der Waals surface area contributed by atoms with E-state index in [-0.39, 0.29) is 0 Å². The van der Waals surface area contributed by atoms with Crippen LogP contribution in [0, 0.1) is 0 Å². The van der Waals surface area contributed by atoms with Crippen molar-refractivity contribution in [3.05, 3.63) is 24.0 Å². The monoisotopic (exact) mass is 249 g/mol. The van der Waals surface area contributed by atoms with Gasteiger partial charge in [-0.3, -0.25) is 4.79 Å². The highest BCUT2D eigenvalue weighted by Crippen LogP contribution is 2.07. The molecule has 0 atom stereocenters. The van der Waals surface area contributed by atoms with E-state index in [4.69, 9.17) is 0 Å². The smallest absolute Gasteiger partial charge is 0.222 e. The van der Waals surface area contributed by atoms with E-state index < -0.39 is 0 Å². The lowest BCUT2D eigenvalue weighted by atomic mass is 10.1. The van der Waals surface area contributed by atoms with E-state index in [0.29, 0.717) is 12.3 Å². The van der Waals surface area contributed by atoms with Crippen molar-refractivity contribution in [2.75, 3.05) is 26.2 Å². The molecule has 1 aromatic heterocycles. The number of amides is 1. The Hall–Kier alpha value is -1.29. The predicted octanol–water partition coefficient (Wildman–Crippen LogP) is 1.17. The maximum Gasteiger partial charge on any atom is 0.222 e. The Balaban J connectivity index is 1.70. The van der Waals surface area contributed by atoms with Crippen LogP contribution in [0.25, 0.3) is 0 Å². The second kappa shape index (κ2) is 6.59. The van der Waals surface area contributed by atoms with Crippen LogP contribution in [-0.4, -0.2) is 41.6 Å². The highest BCUT2D eigenvalue weighted by Gasteiger charge is 2.14.